The summed E-state index contributed by atoms with van der Waals surface area (Å²) in [5.41, 5.74) is 2.89. The van der Waals surface area contributed by atoms with Gasteiger partial charge in [-0.25, -0.2) is 0 Å². The summed E-state index contributed by atoms with van der Waals surface area (Å²) in [5, 5.41) is 15.1. The quantitative estimate of drug-likeness (QED) is 0.271. The lowest BCUT2D eigenvalue weighted by Crippen LogP contribution is -2.74. The van der Waals surface area contributed by atoms with Crippen LogP contribution in [-0.4, -0.2) is 103 Å². The number of ether oxygens (including phenoxy) is 1. The van der Waals surface area contributed by atoms with Crippen molar-refractivity contribution < 1.29 is 28.7 Å². The molecular weight excluding hydrogens is 758 g/mol. The van der Waals surface area contributed by atoms with Crippen LogP contribution in [0, 0.1) is 28.1 Å². The van der Waals surface area contributed by atoms with Crippen molar-refractivity contribution in [2.75, 3.05) is 55.6 Å². The van der Waals surface area contributed by atoms with E-state index in [4.69, 9.17) is 16.3 Å². The molecule has 13 nitrogen and oxygen atoms in total. The van der Waals surface area contributed by atoms with Gasteiger partial charge in [0.25, 0.3) is 17.7 Å². The summed E-state index contributed by atoms with van der Waals surface area (Å²) in [5.74, 6) is -0.913. The van der Waals surface area contributed by atoms with E-state index < -0.39 is 29.7 Å². The summed E-state index contributed by atoms with van der Waals surface area (Å²) in [6.07, 6.45) is 1.14. The van der Waals surface area contributed by atoms with Gasteiger partial charge in [-0.2, -0.15) is 5.26 Å². The molecule has 0 bridgehead atoms. The number of amides is 5. The summed E-state index contributed by atoms with van der Waals surface area (Å²) in [7, 11) is 0. The van der Waals surface area contributed by atoms with Gasteiger partial charge in [0.1, 0.15) is 24.0 Å². The minimum atomic E-state index is -0.974. The van der Waals surface area contributed by atoms with E-state index in [9.17, 15) is 29.2 Å². The third kappa shape index (κ3) is 7.06. The molecule has 3 aromatic carbocycles. The van der Waals surface area contributed by atoms with E-state index in [1.54, 1.807) is 30.3 Å². The normalized spacial score (nSPS) is 24.1. The number of nitriles is 1. The van der Waals surface area contributed by atoms with Gasteiger partial charge in [-0.1, -0.05) is 39.3 Å². The molecule has 4 fully saturated rings. The summed E-state index contributed by atoms with van der Waals surface area (Å²) < 4.78 is 6.37. The predicted octanol–water partition coefficient (Wildman–Crippen LogP) is 4.87. The molecule has 2 N–H and O–H groups in total. The molecule has 5 aliphatic rings. The molecule has 302 valence electrons. The molecule has 1 aliphatic carbocycles. The number of benzene rings is 3. The molecule has 1 unspecified atom stereocenters. The van der Waals surface area contributed by atoms with Gasteiger partial charge in [0.2, 0.25) is 11.8 Å². The van der Waals surface area contributed by atoms with Crippen LogP contribution >= 0.6 is 11.6 Å². The first kappa shape index (κ1) is 39.4. The fraction of sp³-hybridized carbons (Fsp3) is 0.455. The molecule has 3 aromatic rings. The lowest BCUT2D eigenvalue weighted by molar-refractivity contribution is -0.164. The molecule has 0 radical (unpaired) electrons. The topological polar surface area (TPSA) is 155 Å². The van der Waals surface area contributed by atoms with E-state index in [2.05, 4.69) is 59.1 Å². The van der Waals surface area contributed by atoms with Crippen LogP contribution in [0.25, 0.3) is 0 Å². The number of piperazine rings is 1. The van der Waals surface area contributed by atoms with Crippen LogP contribution in [-0.2, 0) is 9.59 Å². The number of nitrogens with one attached hydrogen (secondary N) is 2. The highest BCUT2D eigenvalue weighted by Gasteiger charge is 2.64. The minimum Gasteiger partial charge on any atom is -0.489 e. The van der Waals surface area contributed by atoms with Crippen molar-refractivity contribution in [3.63, 3.8) is 0 Å². The van der Waals surface area contributed by atoms with Crippen LogP contribution in [0.15, 0.2) is 60.7 Å². The van der Waals surface area contributed by atoms with E-state index in [0.717, 1.165) is 68.5 Å². The Morgan fingerprint density at radius 3 is 2.21 bits per heavy atom. The molecule has 58 heavy (non-hydrogen) atoms. The van der Waals surface area contributed by atoms with Crippen LogP contribution < -0.4 is 25.2 Å². The number of carbonyl (C=O) groups is 5. The van der Waals surface area contributed by atoms with Crippen molar-refractivity contribution >= 4 is 52.5 Å². The number of rotatable bonds is 10. The Labute approximate surface area is 343 Å². The van der Waals surface area contributed by atoms with Crippen LogP contribution in [0.1, 0.15) is 83.6 Å². The molecule has 0 spiro atoms. The first-order chi connectivity index (χ1) is 27.6. The molecule has 0 aromatic heterocycles. The highest BCUT2D eigenvalue weighted by Crippen LogP contribution is 2.55. The van der Waals surface area contributed by atoms with Gasteiger partial charge in [-0.05, 0) is 79.9 Å². The lowest BCUT2D eigenvalue weighted by atomic mass is 9.49. The molecular formula is C44H48ClN7O6. The Balaban J connectivity index is 0.772. The summed E-state index contributed by atoms with van der Waals surface area (Å²) in [6.45, 7) is 14.7. The van der Waals surface area contributed by atoms with Crippen molar-refractivity contribution in [2.24, 2.45) is 16.7 Å². The van der Waals surface area contributed by atoms with Gasteiger partial charge < -0.3 is 19.9 Å². The van der Waals surface area contributed by atoms with Crippen LogP contribution in [0.2, 0.25) is 5.02 Å². The molecule has 8 rings (SSSR count). The van der Waals surface area contributed by atoms with Crippen molar-refractivity contribution in [2.45, 2.75) is 65.1 Å². The largest absolute Gasteiger partial charge is 0.489 e. The Bertz CT molecular complexity index is 2210. The number of imide groups is 2. The second kappa shape index (κ2) is 15.1. The van der Waals surface area contributed by atoms with Gasteiger partial charge in [-0.3, -0.25) is 39.1 Å². The van der Waals surface area contributed by atoms with Crippen molar-refractivity contribution in [1.29, 1.82) is 5.26 Å². The fourth-order valence-electron chi connectivity index (χ4n) is 9.85. The van der Waals surface area contributed by atoms with Gasteiger partial charge in [0, 0.05) is 85.6 Å². The number of fused-ring (bicyclic) bond motifs is 1. The zero-order valence-corrected chi connectivity index (χ0v) is 34.0. The Morgan fingerprint density at radius 2 is 1.55 bits per heavy atom. The minimum absolute atomic E-state index is 0.0901. The Hall–Kier alpha value is -5.45. The Kier molecular flexibility index (Phi) is 10.2. The number of hydrogen-bond donors (Lipinski definition) is 2. The monoisotopic (exact) mass is 805 g/mol. The van der Waals surface area contributed by atoms with E-state index in [1.807, 2.05) is 30.3 Å². The molecule has 5 amide bonds. The zero-order valence-electron chi connectivity index (χ0n) is 33.2. The second-order valence-electron chi connectivity index (χ2n) is 17.4. The summed E-state index contributed by atoms with van der Waals surface area (Å²) in [6, 6.07) is 19.2. The molecule has 14 heteroatoms. The average Bonchev–Trinajstić information content (AvgIpc) is 3.43. The number of nitrogens with zero attached hydrogens (tertiary/aromatic N) is 5. The predicted molar refractivity (Wildman–Crippen MR) is 218 cm³/mol. The zero-order chi connectivity index (χ0) is 41.1. The molecule has 1 saturated carbocycles. The van der Waals surface area contributed by atoms with Crippen LogP contribution in [0.4, 0.5) is 11.4 Å². The number of halogens is 1. The molecule has 3 saturated heterocycles. The van der Waals surface area contributed by atoms with Gasteiger partial charge >= 0.3 is 0 Å². The van der Waals surface area contributed by atoms with E-state index in [1.165, 1.54) is 0 Å². The third-order valence-corrected chi connectivity index (χ3v) is 13.2. The first-order valence-corrected chi connectivity index (χ1v) is 20.4. The number of piperidine rings is 1. The summed E-state index contributed by atoms with van der Waals surface area (Å²) in [4.78, 5) is 71.9. The van der Waals surface area contributed by atoms with Gasteiger partial charge in [0.05, 0.1) is 21.7 Å². The standard InChI is InChI=1S/C44H48ClN7O6/c1-43(2)41(44(3,4)42(43)58-31-11-7-28(23-46)34(45)22-31)48-37(54)27-5-8-29(9-6-27)51-24-26(25-51)15-16-49-17-19-50(20-18-49)30-10-12-32-33(21-30)40(57)52(39(32)56)35-13-14-36(53)47-38(35)55/h5-12,21-22,26,35,41-42H,13-20,24-25H2,1-4H3,(H,48,54)(H,47,53,55)/t35?,41-,42-. The fourth-order valence-corrected chi connectivity index (χ4v) is 10.1. The number of hydrogen-bond acceptors (Lipinski definition) is 10. The van der Waals surface area contributed by atoms with Crippen LogP contribution in [0.5, 0.6) is 5.75 Å². The highest BCUT2D eigenvalue weighted by molar-refractivity contribution is 6.31. The van der Waals surface area contributed by atoms with Crippen molar-refractivity contribution in [3.05, 3.63) is 87.9 Å². The van der Waals surface area contributed by atoms with E-state index in [0.29, 0.717) is 38.9 Å². The maximum atomic E-state index is 13.4. The Morgan fingerprint density at radius 1 is 0.879 bits per heavy atom. The molecule has 4 aliphatic heterocycles. The smallest absolute Gasteiger partial charge is 0.262 e. The average molecular weight is 806 g/mol. The second-order valence-corrected chi connectivity index (χ2v) is 17.8. The SMILES string of the molecule is CC1(C)[C@H](NC(=O)c2ccc(N3CC(CCN4CCN(c5ccc6c(c5)C(=O)N(C5CCC(=O)NC5=O)C6=O)CC4)C3)cc2)C(C)(C)[C@H]1Oc1ccc(C#N)c(Cl)c1. The van der Waals surface area contributed by atoms with Gasteiger partial charge in [-0.15, -0.1) is 0 Å². The molecule has 4 heterocycles. The van der Waals surface area contributed by atoms with Crippen molar-refractivity contribution in [1.82, 2.24) is 20.4 Å². The maximum Gasteiger partial charge on any atom is 0.262 e. The lowest BCUT2D eigenvalue weighted by Gasteiger charge is -2.63. The summed E-state index contributed by atoms with van der Waals surface area (Å²) >= 11 is 6.24. The van der Waals surface area contributed by atoms with E-state index in [-0.39, 0.29) is 41.7 Å². The van der Waals surface area contributed by atoms with E-state index >= 15 is 0 Å². The number of anilines is 2. The maximum absolute atomic E-state index is 13.4. The number of carbonyl (C=O) groups excluding carboxylic acids is 5. The third-order valence-electron chi connectivity index (χ3n) is 12.9. The first-order valence-electron chi connectivity index (χ1n) is 20.0. The highest BCUT2D eigenvalue weighted by atomic mass is 35.5. The van der Waals surface area contributed by atoms with Gasteiger partial charge in [0.15, 0.2) is 0 Å². The van der Waals surface area contributed by atoms with Crippen molar-refractivity contribution in [3.8, 4) is 11.8 Å². The van der Waals surface area contributed by atoms with Crippen LogP contribution in [0.3, 0.4) is 0 Å². The molecule has 1 atom stereocenters.